The summed E-state index contributed by atoms with van der Waals surface area (Å²) in [6.07, 6.45) is 0.275. The summed E-state index contributed by atoms with van der Waals surface area (Å²) in [5.41, 5.74) is 0.724. The number of hydrogen-bond acceptors (Lipinski definition) is 3. The van der Waals surface area contributed by atoms with E-state index >= 15 is 0 Å². The monoisotopic (exact) mass is 269 g/mol. The Kier molecular flexibility index (Phi) is 2.06. The van der Waals surface area contributed by atoms with E-state index in [-0.39, 0.29) is 5.60 Å². The summed E-state index contributed by atoms with van der Waals surface area (Å²) in [5, 5.41) is 13.2. The van der Waals surface area contributed by atoms with Gasteiger partial charge >= 0.3 is 0 Å². The number of ether oxygens (including phenoxy) is 1. The van der Waals surface area contributed by atoms with Crippen LogP contribution in [0.5, 0.6) is 5.75 Å². The summed E-state index contributed by atoms with van der Waals surface area (Å²) < 4.78 is 6.92. The summed E-state index contributed by atoms with van der Waals surface area (Å²) >= 11 is 3.40. The molecule has 0 saturated carbocycles. The van der Waals surface area contributed by atoms with E-state index in [9.17, 15) is 5.11 Å². The lowest BCUT2D eigenvalue weighted by atomic mass is 9.84. The van der Waals surface area contributed by atoms with Crippen molar-refractivity contribution in [3.05, 3.63) is 28.2 Å². The third kappa shape index (κ3) is 1.48. The predicted octanol–water partition coefficient (Wildman–Crippen LogP) is 1.61. The van der Waals surface area contributed by atoms with Crippen LogP contribution in [0.25, 0.3) is 0 Å². The minimum atomic E-state index is -0.409. The second kappa shape index (κ2) is 3.20. The molecule has 2 heterocycles. The lowest BCUT2D eigenvalue weighted by Crippen LogP contribution is -2.64. The van der Waals surface area contributed by atoms with Crippen molar-refractivity contribution in [3.63, 3.8) is 0 Å². The molecule has 0 bridgehead atoms. The van der Waals surface area contributed by atoms with Gasteiger partial charge in [-0.2, -0.15) is 0 Å². The summed E-state index contributed by atoms with van der Waals surface area (Å²) in [6.45, 7) is 1.67. The minimum Gasteiger partial charge on any atom is -0.484 e. The van der Waals surface area contributed by atoms with Gasteiger partial charge in [0, 0.05) is 29.5 Å². The van der Waals surface area contributed by atoms with E-state index in [0.717, 1.165) is 28.9 Å². The zero-order valence-corrected chi connectivity index (χ0v) is 9.75. The van der Waals surface area contributed by atoms with Crippen LogP contribution in [0.3, 0.4) is 0 Å². The Morgan fingerprint density at radius 2 is 2.27 bits per heavy atom. The SMILES string of the molecule is O[C@@H]1CC2(CNC2)Oc2ccc(Br)cc21. The standard InChI is InChI=1S/C11H12BrNO2/c12-7-1-2-10-8(3-7)9(14)4-11(15-10)5-13-6-11/h1-3,9,13-14H,4-6H2/t9-/m1/s1. The molecular weight excluding hydrogens is 258 g/mol. The van der Waals surface area contributed by atoms with Crippen molar-refractivity contribution in [2.24, 2.45) is 0 Å². The molecule has 2 aliphatic heterocycles. The lowest BCUT2D eigenvalue weighted by Gasteiger charge is -2.47. The highest BCUT2D eigenvalue weighted by Gasteiger charge is 2.45. The van der Waals surface area contributed by atoms with Crippen LogP contribution in [-0.2, 0) is 0 Å². The Labute approximate surface area is 96.6 Å². The zero-order valence-electron chi connectivity index (χ0n) is 8.16. The fourth-order valence-corrected chi connectivity index (χ4v) is 2.61. The van der Waals surface area contributed by atoms with Gasteiger partial charge in [0.2, 0.25) is 0 Å². The third-order valence-corrected chi connectivity index (χ3v) is 3.61. The average Bonchev–Trinajstić information content (AvgIpc) is 2.16. The molecule has 1 spiro atoms. The van der Waals surface area contributed by atoms with Crippen LogP contribution in [-0.4, -0.2) is 23.8 Å². The largest absolute Gasteiger partial charge is 0.484 e. The van der Waals surface area contributed by atoms with Crippen LogP contribution in [0.4, 0.5) is 0 Å². The maximum Gasteiger partial charge on any atom is 0.136 e. The van der Waals surface area contributed by atoms with Crippen molar-refractivity contribution in [2.45, 2.75) is 18.1 Å². The first-order valence-corrected chi connectivity index (χ1v) is 5.85. The van der Waals surface area contributed by atoms with E-state index in [1.807, 2.05) is 18.2 Å². The Balaban J connectivity index is 2.01. The molecule has 1 aromatic rings. The van der Waals surface area contributed by atoms with Gasteiger partial charge in [0.1, 0.15) is 11.4 Å². The number of hydrogen-bond donors (Lipinski definition) is 2. The lowest BCUT2D eigenvalue weighted by molar-refractivity contribution is -0.0482. The van der Waals surface area contributed by atoms with Gasteiger partial charge in [-0.05, 0) is 18.2 Å². The fraction of sp³-hybridized carbons (Fsp3) is 0.455. The van der Waals surface area contributed by atoms with Crippen LogP contribution in [0.15, 0.2) is 22.7 Å². The van der Waals surface area contributed by atoms with Crippen LogP contribution in [0, 0.1) is 0 Å². The Morgan fingerprint density at radius 3 is 2.93 bits per heavy atom. The van der Waals surface area contributed by atoms with Crippen molar-refractivity contribution in [2.75, 3.05) is 13.1 Å². The van der Waals surface area contributed by atoms with Gasteiger partial charge in [0.05, 0.1) is 6.10 Å². The number of nitrogens with one attached hydrogen (secondary N) is 1. The third-order valence-electron chi connectivity index (χ3n) is 3.12. The maximum atomic E-state index is 10.1. The second-order valence-electron chi connectivity index (χ2n) is 4.29. The van der Waals surface area contributed by atoms with E-state index in [4.69, 9.17) is 4.74 Å². The van der Waals surface area contributed by atoms with E-state index in [0.29, 0.717) is 6.42 Å². The number of rotatable bonds is 0. The maximum absolute atomic E-state index is 10.1. The molecule has 4 heteroatoms. The van der Waals surface area contributed by atoms with Gasteiger partial charge in [-0.15, -0.1) is 0 Å². The molecule has 3 nitrogen and oxygen atoms in total. The highest BCUT2D eigenvalue weighted by Crippen LogP contribution is 2.42. The number of aliphatic hydroxyl groups excluding tert-OH is 1. The van der Waals surface area contributed by atoms with Crippen molar-refractivity contribution < 1.29 is 9.84 Å². The number of fused-ring (bicyclic) bond motifs is 1. The molecule has 0 aliphatic carbocycles. The highest BCUT2D eigenvalue weighted by atomic mass is 79.9. The van der Waals surface area contributed by atoms with Gasteiger partial charge in [-0.1, -0.05) is 15.9 Å². The first-order chi connectivity index (χ1) is 7.19. The minimum absolute atomic E-state index is 0.166. The van der Waals surface area contributed by atoms with Crippen LogP contribution in [0.1, 0.15) is 18.1 Å². The van der Waals surface area contributed by atoms with Gasteiger partial charge < -0.3 is 15.2 Å². The quantitative estimate of drug-likeness (QED) is 0.752. The summed E-state index contributed by atoms with van der Waals surface area (Å²) in [4.78, 5) is 0. The molecular formula is C11H12BrNO2. The molecule has 2 N–H and O–H groups in total. The topological polar surface area (TPSA) is 41.5 Å². The van der Waals surface area contributed by atoms with E-state index < -0.39 is 6.10 Å². The average molecular weight is 270 g/mol. The van der Waals surface area contributed by atoms with Crippen molar-refractivity contribution in [3.8, 4) is 5.75 Å². The first-order valence-electron chi connectivity index (χ1n) is 5.06. The first kappa shape index (κ1) is 9.63. The summed E-state index contributed by atoms with van der Waals surface area (Å²) in [5.74, 6) is 0.818. The van der Waals surface area contributed by atoms with E-state index in [1.165, 1.54) is 0 Å². The molecule has 3 rings (SSSR count). The van der Waals surface area contributed by atoms with Crippen molar-refractivity contribution >= 4 is 15.9 Å². The van der Waals surface area contributed by atoms with E-state index in [2.05, 4.69) is 21.2 Å². The molecule has 1 aromatic carbocycles. The molecule has 0 aromatic heterocycles. The molecule has 1 fully saturated rings. The summed E-state index contributed by atoms with van der Waals surface area (Å²) in [6, 6.07) is 5.79. The number of benzene rings is 1. The predicted molar refractivity (Wildman–Crippen MR) is 59.9 cm³/mol. The molecule has 1 saturated heterocycles. The van der Waals surface area contributed by atoms with Gasteiger partial charge in [-0.25, -0.2) is 0 Å². The van der Waals surface area contributed by atoms with Crippen molar-refractivity contribution in [1.82, 2.24) is 5.32 Å². The Bertz CT molecular complexity index is 404. The molecule has 2 aliphatic rings. The van der Waals surface area contributed by atoms with Crippen LogP contribution < -0.4 is 10.1 Å². The number of aliphatic hydroxyl groups is 1. The van der Waals surface area contributed by atoms with Gasteiger partial charge in [-0.3, -0.25) is 0 Å². The zero-order chi connectivity index (χ0) is 10.5. The normalized spacial score (nSPS) is 26.7. The molecule has 15 heavy (non-hydrogen) atoms. The van der Waals surface area contributed by atoms with Gasteiger partial charge in [0.15, 0.2) is 0 Å². The van der Waals surface area contributed by atoms with Crippen LogP contribution in [0.2, 0.25) is 0 Å². The molecule has 1 atom stereocenters. The molecule has 0 radical (unpaired) electrons. The second-order valence-corrected chi connectivity index (χ2v) is 5.21. The highest BCUT2D eigenvalue weighted by molar-refractivity contribution is 9.10. The Hall–Kier alpha value is -0.580. The summed E-state index contributed by atoms with van der Waals surface area (Å²) in [7, 11) is 0. The van der Waals surface area contributed by atoms with Gasteiger partial charge in [0.25, 0.3) is 0 Å². The molecule has 0 unspecified atom stereocenters. The van der Waals surface area contributed by atoms with Crippen LogP contribution >= 0.6 is 15.9 Å². The number of halogens is 1. The van der Waals surface area contributed by atoms with E-state index in [1.54, 1.807) is 0 Å². The molecule has 0 amide bonds. The smallest absolute Gasteiger partial charge is 0.136 e. The molecule has 80 valence electrons. The Morgan fingerprint density at radius 1 is 1.47 bits per heavy atom. The fourth-order valence-electron chi connectivity index (χ4n) is 2.23. The van der Waals surface area contributed by atoms with Crippen molar-refractivity contribution in [1.29, 1.82) is 0 Å².